The van der Waals surface area contributed by atoms with Gasteiger partial charge in [0.15, 0.2) is 0 Å². The Hall–Kier alpha value is -2.15. The third-order valence-corrected chi connectivity index (χ3v) is 3.90. The standard InChI is InChI=1S/C12H12N2O4S/c1-5-4-13-18-9(5)10(15)14-11-8(12(16)17)6(2)7(3)19-11/h4H,1-3H3,(H,14,15)(H,16,17). The van der Waals surface area contributed by atoms with Crippen molar-refractivity contribution >= 4 is 28.2 Å². The maximum absolute atomic E-state index is 12.0. The van der Waals surface area contributed by atoms with Crippen molar-refractivity contribution in [3.63, 3.8) is 0 Å². The molecule has 0 aromatic carbocycles. The number of amides is 1. The minimum absolute atomic E-state index is 0.0834. The quantitative estimate of drug-likeness (QED) is 0.901. The molecule has 0 atom stereocenters. The van der Waals surface area contributed by atoms with E-state index in [1.54, 1.807) is 13.8 Å². The van der Waals surface area contributed by atoms with Gasteiger partial charge >= 0.3 is 5.97 Å². The van der Waals surface area contributed by atoms with Gasteiger partial charge in [-0.05, 0) is 26.3 Å². The number of rotatable bonds is 3. The topological polar surface area (TPSA) is 92.4 Å². The van der Waals surface area contributed by atoms with Crippen molar-refractivity contribution in [1.29, 1.82) is 0 Å². The molecule has 6 nitrogen and oxygen atoms in total. The van der Waals surface area contributed by atoms with Crippen molar-refractivity contribution in [1.82, 2.24) is 5.16 Å². The summed E-state index contributed by atoms with van der Waals surface area (Å²) in [5.74, 6) is -1.48. The number of carboxylic acid groups (broad SMARTS) is 1. The predicted octanol–water partition coefficient (Wildman–Crippen LogP) is 2.61. The summed E-state index contributed by atoms with van der Waals surface area (Å²) in [6.07, 6.45) is 1.43. The molecule has 0 saturated heterocycles. The van der Waals surface area contributed by atoms with Gasteiger partial charge in [-0.3, -0.25) is 4.79 Å². The summed E-state index contributed by atoms with van der Waals surface area (Å²) < 4.78 is 4.83. The summed E-state index contributed by atoms with van der Waals surface area (Å²) in [5, 5.41) is 15.6. The first-order chi connectivity index (χ1) is 8.91. The lowest BCUT2D eigenvalue weighted by Crippen LogP contribution is -2.13. The maximum atomic E-state index is 12.0. The number of hydrogen-bond donors (Lipinski definition) is 2. The van der Waals surface area contributed by atoms with Crippen LogP contribution < -0.4 is 5.32 Å². The second kappa shape index (κ2) is 4.85. The number of nitrogens with zero attached hydrogens (tertiary/aromatic N) is 1. The maximum Gasteiger partial charge on any atom is 0.338 e. The van der Waals surface area contributed by atoms with Crippen LogP contribution in [0.3, 0.4) is 0 Å². The summed E-state index contributed by atoms with van der Waals surface area (Å²) in [7, 11) is 0. The zero-order chi connectivity index (χ0) is 14.2. The molecular formula is C12H12N2O4S. The largest absolute Gasteiger partial charge is 0.478 e. The van der Waals surface area contributed by atoms with Crippen molar-refractivity contribution in [3.8, 4) is 0 Å². The SMILES string of the molecule is Cc1cnoc1C(=O)Nc1sc(C)c(C)c1C(=O)O. The molecule has 0 bridgehead atoms. The molecule has 2 N–H and O–H groups in total. The van der Waals surface area contributed by atoms with Crippen LogP contribution in [0.4, 0.5) is 5.00 Å². The fourth-order valence-electron chi connectivity index (χ4n) is 1.64. The average molecular weight is 280 g/mol. The second-order valence-electron chi connectivity index (χ2n) is 4.08. The molecule has 0 spiro atoms. The number of hydrogen-bond acceptors (Lipinski definition) is 5. The van der Waals surface area contributed by atoms with Gasteiger partial charge in [-0.1, -0.05) is 5.16 Å². The lowest BCUT2D eigenvalue weighted by Gasteiger charge is -2.02. The van der Waals surface area contributed by atoms with Gasteiger partial charge < -0.3 is 14.9 Å². The minimum atomic E-state index is -1.06. The Labute approximate surface area is 113 Å². The van der Waals surface area contributed by atoms with Crippen LogP contribution in [0.25, 0.3) is 0 Å². The van der Waals surface area contributed by atoms with Crippen LogP contribution in [0.5, 0.6) is 0 Å². The molecule has 7 heteroatoms. The Morgan fingerprint density at radius 3 is 2.58 bits per heavy atom. The predicted molar refractivity (Wildman–Crippen MR) is 69.9 cm³/mol. The fraction of sp³-hybridized carbons (Fsp3) is 0.250. The molecule has 0 aliphatic heterocycles. The van der Waals surface area contributed by atoms with Crippen molar-refractivity contribution in [2.45, 2.75) is 20.8 Å². The molecule has 2 heterocycles. The van der Waals surface area contributed by atoms with Crippen LogP contribution in [-0.2, 0) is 0 Å². The van der Waals surface area contributed by atoms with Crippen LogP contribution in [0.1, 0.15) is 36.9 Å². The van der Waals surface area contributed by atoms with Gasteiger partial charge in [-0.25, -0.2) is 4.79 Å². The molecule has 0 saturated carbocycles. The summed E-state index contributed by atoms with van der Waals surface area (Å²) in [6.45, 7) is 5.21. The molecule has 2 aromatic rings. The third kappa shape index (κ3) is 2.37. The van der Waals surface area contributed by atoms with E-state index in [1.165, 1.54) is 17.5 Å². The molecule has 2 rings (SSSR count). The first-order valence-corrected chi connectivity index (χ1v) is 6.29. The van der Waals surface area contributed by atoms with E-state index in [-0.39, 0.29) is 11.3 Å². The lowest BCUT2D eigenvalue weighted by molar-refractivity contribution is 0.0697. The second-order valence-corrected chi connectivity index (χ2v) is 5.31. The molecule has 2 aromatic heterocycles. The number of carboxylic acids is 1. The van der Waals surface area contributed by atoms with Gasteiger partial charge in [-0.15, -0.1) is 11.3 Å². The van der Waals surface area contributed by atoms with Gasteiger partial charge in [0.05, 0.1) is 11.8 Å². The van der Waals surface area contributed by atoms with E-state index in [9.17, 15) is 14.7 Å². The number of aromatic nitrogens is 1. The van der Waals surface area contributed by atoms with Gasteiger partial charge in [0.2, 0.25) is 5.76 Å². The first kappa shape index (κ1) is 13.3. The van der Waals surface area contributed by atoms with E-state index in [0.29, 0.717) is 16.1 Å². The Morgan fingerprint density at radius 1 is 1.37 bits per heavy atom. The van der Waals surface area contributed by atoms with Gasteiger partial charge in [0.25, 0.3) is 5.91 Å². The lowest BCUT2D eigenvalue weighted by atomic mass is 10.1. The zero-order valence-corrected chi connectivity index (χ0v) is 11.4. The van der Waals surface area contributed by atoms with Crippen molar-refractivity contribution < 1.29 is 19.2 Å². The van der Waals surface area contributed by atoms with E-state index >= 15 is 0 Å². The minimum Gasteiger partial charge on any atom is -0.478 e. The molecule has 19 heavy (non-hydrogen) atoms. The highest BCUT2D eigenvalue weighted by molar-refractivity contribution is 7.16. The molecule has 0 unspecified atom stereocenters. The van der Waals surface area contributed by atoms with Crippen LogP contribution in [-0.4, -0.2) is 22.1 Å². The average Bonchev–Trinajstić information content (AvgIpc) is 2.84. The Morgan fingerprint density at radius 2 is 2.05 bits per heavy atom. The normalized spacial score (nSPS) is 10.5. The Balaban J connectivity index is 2.35. The highest BCUT2D eigenvalue weighted by Gasteiger charge is 2.22. The van der Waals surface area contributed by atoms with E-state index < -0.39 is 11.9 Å². The Bertz CT molecular complexity index is 657. The number of carbonyl (C=O) groups is 2. The number of thiophene rings is 1. The highest BCUT2D eigenvalue weighted by atomic mass is 32.1. The van der Waals surface area contributed by atoms with E-state index in [4.69, 9.17) is 4.52 Å². The summed E-state index contributed by atoms with van der Waals surface area (Å²) in [4.78, 5) is 24.0. The third-order valence-electron chi connectivity index (χ3n) is 2.78. The highest BCUT2D eigenvalue weighted by Crippen LogP contribution is 2.32. The molecule has 100 valence electrons. The number of anilines is 1. The van der Waals surface area contributed by atoms with Gasteiger partial charge in [0, 0.05) is 10.4 Å². The number of aryl methyl sites for hydroxylation is 2. The van der Waals surface area contributed by atoms with Crippen molar-refractivity contribution in [2.75, 3.05) is 5.32 Å². The number of aromatic carboxylic acids is 1. The first-order valence-electron chi connectivity index (χ1n) is 5.47. The van der Waals surface area contributed by atoms with Crippen LogP contribution >= 0.6 is 11.3 Å². The number of nitrogens with one attached hydrogen (secondary N) is 1. The van der Waals surface area contributed by atoms with E-state index in [0.717, 1.165) is 4.88 Å². The fourth-order valence-corrected chi connectivity index (χ4v) is 2.69. The molecule has 0 aliphatic carbocycles. The summed E-state index contributed by atoms with van der Waals surface area (Å²) >= 11 is 1.23. The molecular weight excluding hydrogens is 268 g/mol. The summed E-state index contributed by atoms with van der Waals surface area (Å²) in [6, 6.07) is 0. The van der Waals surface area contributed by atoms with Crippen molar-refractivity contribution in [3.05, 3.63) is 33.5 Å². The van der Waals surface area contributed by atoms with Crippen molar-refractivity contribution in [2.24, 2.45) is 0 Å². The summed E-state index contributed by atoms with van der Waals surface area (Å²) in [5.41, 5.74) is 1.37. The van der Waals surface area contributed by atoms with E-state index in [2.05, 4.69) is 10.5 Å². The van der Waals surface area contributed by atoms with Crippen LogP contribution in [0.15, 0.2) is 10.7 Å². The molecule has 0 aliphatic rings. The van der Waals surface area contributed by atoms with Gasteiger partial charge in [-0.2, -0.15) is 0 Å². The van der Waals surface area contributed by atoms with E-state index in [1.807, 2.05) is 6.92 Å². The number of carbonyl (C=O) groups excluding carboxylic acids is 1. The van der Waals surface area contributed by atoms with Crippen LogP contribution in [0, 0.1) is 20.8 Å². The molecule has 0 radical (unpaired) electrons. The smallest absolute Gasteiger partial charge is 0.338 e. The molecule has 1 amide bonds. The monoisotopic (exact) mass is 280 g/mol. The molecule has 0 fully saturated rings. The Kier molecular flexibility index (Phi) is 3.39. The van der Waals surface area contributed by atoms with Crippen LogP contribution in [0.2, 0.25) is 0 Å². The zero-order valence-electron chi connectivity index (χ0n) is 10.6. The van der Waals surface area contributed by atoms with Gasteiger partial charge in [0.1, 0.15) is 5.00 Å².